The van der Waals surface area contributed by atoms with Crippen molar-refractivity contribution in [3.63, 3.8) is 0 Å². The van der Waals surface area contributed by atoms with Gasteiger partial charge in [-0.1, -0.05) is 11.6 Å². The van der Waals surface area contributed by atoms with Gasteiger partial charge in [-0.05, 0) is 26.8 Å². The van der Waals surface area contributed by atoms with E-state index in [4.69, 9.17) is 16.3 Å². The Morgan fingerprint density at radius 2 is 2.05 bits per heavy atom. The van der Waals surface area contributed by atoms with E-state index in [2.05, 4.69) is 33.6 Å². The van der Waals surface area contributed by atoms with Gasteiger partial charge in [0, 0.05) is 6.20 Å². The van der Waals surface area contributed by atoms with Crippen LogP contribution < -0.4 is 5.32 Å². The quantitative estimate of drug-likeness (QED) is 0.336. The Bertz CT molecular complexity index is 450. The lowest BCUT2D eigenvalue weighted by atomic mass is 10.2. The highest BCUT2D eigenvalue weighted by Crippen LogP contribution is 2.20. The third-order valence-electron chi connectivity index (χ3n) is 1.69. The summed E-state index contributed by atoms with van der Waals surface area (Å²) in [4.78, 5) is 26.0. The normalized spacial score (nSPS) is 10.0. The van der Waals surface area contributed by atoms with Gasteiger partial charge in [-0.2, -0.15) is 0 Å². The highest BCUT2D eigenvalue weighted by atomic mass is 35.5. The van der Waals surface area contributed by atoms with Gasteiger partial charge in [-0.3, -0.25) is 10.1 Å². The van der Waals surface area contributed by atoms with Crippen LogP contribution in [0.15, 0.2) is 12.3 Å². The van der Waals surface area contributed by atoms with Gasteiger partial charge in [0.25, 0.3) is 0 Å². The first kappa shape index (κ1) is 18.1. The molecule has 0 atom stereocenters. The number of carbonyl (C=O) groups excluding carboxylic acids is 2. The standard InChI is InChI=1S/C11H13ClN2O3.H2S2/c1-11(2,3)17-10(16)14-8-4-5-13-9(12)7(8)6-15;1-2/h4-6H,1-3H3,(H,13,14,16);1-2H. The summed E-state index contributed by atoms with van der Waals surface area (Å²) in [5, 5.41) is 2.48. The molecular weight excluding hydrogens is 308 g/mol. The van der Waals surface area contributed by atoms with Crippen molar-refractivity contribution in [1.82, 2.24) is 4.98 Å². The summed E-state index contributed by atoms with van der Waals surface area (Å²) in [6, 6.07) is 1.47. The fraction of sp³-hybridized carbons (Fsp3) is 0.364. The van der Waals surface area contributed by atoms with Gasteiger partial charge in [-0.15, -0.1) is 23.3 Å². The van der Waals surface area contributed by atoms with E-state index in [-0.39, 0.29) is 16.4 Å². The van der Waals surface area contributed by atoms with E-state index in [0.717, 1.165) is 0 Å². The van der Waals surface area contributed by atoms with Gasteiger partial charge in [0.1, 0.15) is 10.8 Å². The largest absolute Gasteiger partial charge is 0.444 e. The van der Waals surface area contributed by atoms with Crippen LogP contribution in [-0.4, -0.2) is 23.0 Å². The molecule has 1 aromatic heterocycles. The van der Waals surface area contributed by atoms with Crippen molar-refractivity contribution in [1.29, 1.82) is 0 Å². The van der Waals surface area contributed by atoms with E-state index in [0.29, 0.717) is 6.29 Å². The first-order valence-electron chi connectivity index (χ1n) is 5.13. The molecule has 0 saturated carbocycles. The molecule has 0 aliphatic heterocycles. The number of nitrogens with zero attached hydrogens (tertiary/aromatic N) is 1. The molecule has 0 bridgehead atoms. The van der Waals surface area contributed by atoms with Crippen LogP contribution >= 0.6 is 34.9 Å². The number of pyridine rings is 1. The molecule has 0 fully saturated rings. The molecule has 19 heavy (non-hydrogen) atoms. The molecule has 1 aromatic rings. The van der Waals surface area contributed by atoms with Crippen LogP contribution in [0.5, 0.6) is 0 Å². The Morgan fingerprint density at radius 3 is 2.53 bits per heavy atom. The first-order chi connectivity index (χ1) is 8.83. The van der Waals surface area contributed by atoms with Crippen LogP contribution in [0.3, 0.4) is 0 Å². The summed E-state index contributed by atoms with van der Waals surface area (Å²) in [6.07, 6.45) is 1.27. The van der Waals surface area contributed by atoms with Crippen molar-refractivity contribution < 1.29 is 14.3 Å². The lowest BCUT2D eigenvalue weighted by molar-refractivity contribution is 0.0636. The van der Waals surface area contributed by atoms with Crippen molar-refractivity contribution in [2.45, 2.75) is 26.4 Å². The molecule has 1 heterocycles. The summed E-state index contributed by atoms with van der Waals surface area (Å²) in [6.45, 7) is 5.23. The van der Waals surface area contributed by atoms with Gasteiger partial charge in [-0.25, -0.2) is 9.78 Å². The fourth-order valence-corrected chi connectivity index (χ4v) is 1.29. The van der Waals surface area contributed by atoms with E-state index in [1.807, 2.05) is 0 Å². The zero-order valence-electron chi connectivity index (χ0n) is 10.7. The van der Waals surface area contributed by atoms with Crippen LogP contribution in [0.4, 0.5) is 10.5 Å². The number of anilines is 1. The summed E-state index contributed by atoms with van der Waals surface area (Å²) >= 11 is 12.2. The maximum absolute atomic E-state index is 11.5. The van der Waals surface area contributed by atoms with Crippen molar-refractivity contribution in [2.24, 2.45) is 0 Å². The average Bonchev–Trinajstić information content (AvgIpc) is 2.29. The van der Waals surface area contributed by atoms with Gasteiger partial charge < -0.3 is 4.74 Å². The zero-order chi connectivity index (χ0) is 15.1. The number of thiol groups is 2. The predicted octanol–water partition coefficient (Wildman–Crippen LogP) is 3.66. The third-order valence-corrected chi connectivity index (χ3v) is 2.00. The number of hydrogen-bond acceptors (Lipinski definition) is 6. The van der Waals surface area contributed by atoms with E-state index >= 15 is 0 Å². The predicted molar refractivity (Wildman–Crippen MR) is 82.5 cm³/mol. The SMILES string of the molecule is CC(C)(C)OC(=O)Nc1ccnc(Cl)c1C=O.SS. The van der Waals surface area contributed by atoms with Crippen molar-refractivity contribution in [2.75, 3.05) is 5.32 Å². The van der Waals surface area contributed by atoms with E-state index in [1.165, 1.54) is 12.3 Å². The molecule has 5 nitrogen and oxygen atoms in total. The minimum absolute atomic E-state index is 0.0357. The summed E-state index contributed by atoms with van der Waals surface area (Å²) < 4.78 is 5.05. The van der Waals surface area contributed by atoms with Gasteiger partial charge in [0.15, 0.2) is 6.29 Å². The summed E-state index contributed by atoms with van der Waals surface area (Å²) in [5.41, 5.74) is -0.211. The topological polar surface area (TPSA) is 68.3 Å². The number of carbonyl (C=O) groups is 2. The molecule has 106 valence electrons. The molecule has 0 aliphatic carbocycles. The van der Waals surface area contributed by atoms with Gasteiger partial charge >= 0.3 is 6.09 Å². The number of aromatic nitrogens is 1. The fourth-order valence-electron chi connectivity index (χ4n) is 1.08. The van der Waals surface area contributed by atoms with E-state index in [1.54, 1.807) is 20.8 Å². The number of halogens is 1. The van der Waals surface area contributed by atoms with Crippen molar-refractivity contribution >= 4 is 53.0 Å². The molecule has 0 unspecified atom stereocenters. The second-order valence-corrected chi connectivity index (χ2v) is 4.67. The molecule has 0 saturated heterocycles. The highest BCUT2D eigenvalue weighted by Gasteiger charge is 2.17. The molecule has 1 amide bonds. The maximum Gasteiger partial charge on any atom is 0.412 e. The lowest BCUT2D eigenvalue weighted by Gasteiger charge is -2.20. The van der Waals surface area contributed by atoms with Crippen LogP contribution in [0.1, 0.15) is 31.1 Å². The first-order valence-corrected chi connectivity index (χ1v) is 7.11. The van der Waals surface area contributed by atoms with Crippen LogP contribution in [0.2, 0.25) is 5.15 Å². The smallest absolute Gasteiger partial charge is 0.412 e. The minimum atomic E-state index is -0.650. The number of nitrogens with one attached hydrogen (secondary N) is 1. The van der Waals surface area contributed by atoms with Crippen molar-refractivity contribution in [3.8, 4) is 0 Å². The van der Waals surface area contributed by atoms with Gasteiger partial charge in [0.2, 0.25) is 0 Å². The molecule has 8 heteroatoms. The van der Waals surface area contributed by atoms with Crippen LogP contribution in [0.25, 0.3) is 0 Å². The molecule has 0 radical (unpaired) electrons. The van der Waals surface area contributed by atoms with Crippen LogP contribution in [-0.2, 0) is 4.74 Å². The lowest BCUT2D eigenvalue weighted by Crippen LogP contribution is -2.27. The average molecular weight is 323 g/mol. The Balaban J connectivity index is 0.00000154. The molecule has 0 spiro atoms. The number of rotatable bonds is 2. The molecule has 0 aromatic carbocycles. The summed E-state index contributed by atoms with van der Waals surface area (Å²) in [7, 11) is 0. The minimum Gasteiger partial charge on any atom is -0.444 e. The second-order valence-electron chi connectivity index (χ2n) is 4.31. The van der Waals surface area contributed by atoms with Crippen molar-refractivity contribution in [3.05, 3.63) is 23.0 Å². The van der Waals surface area contributed by atoms with E-state index < -0.39 is 11.7 Å². The molecule has 1 N–H and O–H groups in total. The maximum atomic E-state index is 11.5. The number of aldehydes is 1. The Morgan fingerprint density at radius 1 is 1.47 bits per heavy atom. The molecule has 0 aliphatic rings. The van der Waals surface area contributed by atoms with E-state index in [9.17, 15) is 9.59 Å². The molecule has 1 rings (SSSR count). The Hall–Kier alpha value is -0.920. The number of hydrogen-bond donors (Lipinski definition) is 3. The zero-order valence-corrected chi connectivity index (χ0v) is 13.2. The molecular formula is C11H15ClN2O3S2. The monoisotopic (exact) mass is 322 g/mol. The highest BCUT2D eigenvalue weighted by molar-refractivity contribution is 8.59. The number of amides is 1. The van der Waals surface area contributed by atoms with Gasteiger partial charge in [0.05, 0.1) is 11.3 Å². The summed E-state index contributed by atoms with van der Waals surface area (Å²) in [5.74, 6) is 0. The third kappa shape index (κ3) is 6.70. The Kier molecular flexibility index (Phi) is 7.89. The number of ether oxygens (including phenoxy) is 1. The Labute approximate surface area is 127 Å². The second kappa shape index (κ2) is 8.29. The van der Waals surface area contributed by atoms with Crippen LogP contribution in [0, 0.1) is 0 Å².